The van der Waals surface area contributed by atoms with Gasteiger partial charge in [0.25, 0.3) is 0 Å². The molecule has 1 atom stereocenters. The normalized spacial score (nSPS) is 12.7. The summed E-state index contributed by atoms with van der Waals surface area (Å²) < 4.78 is 5.45. The molecule has 1 rings (SSSR count). The van der Waals surface area contributed by atoms with E-state index in [0.717, 1.165) is 31.4 Å². The SMILES string of the molecule is CCCOCCC(Cc1cc(Cl)ccc1Cl)NN. The van der Waals surface area contributed by atoms with Crippen molar-refractivity contribution < 1.29 is 4.74 Å². The molecule has 0 aliphatic carbocycles. The van der Waals surface area contributed by atoms with E-state index in [0.29, 0.717) is 16.7 Å². The Hall–Kier alpha value is -0.320. The molecule has 0 amide bonds. The Balaban J connectivity index is 2.48. The van der Waals surface area contributed by atoms with E-state index in [1.165, 1.54) is 0 Å². The summed E-state index contributed by atoms with van der Waals surface area (Å²) >= 11 is 12.1. The zero-order valence-corrected chi connectivity index (χ0v) is 12.1. The molecule has 0 bridgehead atoms. The van der Waals surface area contributed by atoms with Crippen LogP contribution in [-0.4, -0.2) is 19.3 Å². The third kappa shape index (κ3) is 5.55. The van der Waals surface area contributed by atoms with Gasteiger partial charge in [0.15, 0.2) is 0 Å². The van der Waals surface area contributed by atoms with Gasteiger partial charge < -0.3 is 4.74 Å². The van der Waals surface area contributed by atoms with Gasteiger partial charge in [0, 0.05) is 29.3 Å². The van der Waals surface area contributed by atoms with E-state index in [-0.39, 0.29) is 6.04 Å². The molecule has 1 aromatic carbocycles. The molecule has 0 aliphatic rings. The smallest absolute Gasteiger partial charge is 0.0481 e. The molecule has 0 aliphatic heterocycles. The first-order valence-corrected chi connectivity index (χ1v) is 6.90. The highest BCUT2D eigenvalue weighted by molar-refractivity contribution is 6.33. The molecule has 1 aromatic rings. The van der Waals surface area contributed by atoms with Crippen LogP contribution < -0.4 is 11.3 Å². The van der Waals surface area contributed by atoms with Gasteiger partial charge in [-0.2, -0.15) is 0 Å². The summed E-state index contributed by atoms with van der Waals surface area (Å²) in [5.41, 5.74) is 3.79. The van der Waals surface area contributed by atoms with Crippen molar-refractivity contribution in [1.29, 1.82) is 0 Å². The molecule has 0 spiro atoms. The molecular formula is C13H20Cl2N2O. The summed E-state index contributed by atoms with van der Waals surface area (Å²) in [6.07, 6.45) is 2.62. The van der Waals surface area contributed by atoms with Crippen molar-refractivity contribution in [3.8, 4) is 0 Å². The fraction of sp³-hybridized carbons (Fsp3) is 0.538. The predicted octanol–water partition coefficient (Wildman–Crippen LogP) is 3.18. The van der Waals surface area contributed by atoms with Gasteiger partial charge in [-0.25, -0.2) is 0 Å². The lowest BCUT2D eigenvalue weighted by molar-refractivity contribution is 0.124. The molecule has 0 saturated carbocycles. The maximum atomic E-state index is 6.12. The van der Waals surface area contributed by atoms with Gasteiger partial charge in [0.2, 0.25) is 0 Å². The summed E-state index contributed by atoms with van der Waals surface area (Å²) in [6, 6.07) is 5.60. The zero-order chi connectivity index (χ0) is 13.4. The van der Waals surface area contributed by atoms with Crippen LogP contribution in [-0.2, 0) is 11.2 Å². The van der Waals surface area contributed by atoms with E-state index in [2.05, 4.69) is 12.3 Å². The van der Waals surface area contributed by atoms with Crippen molar-refractivity contribution in [2.45, 2.75) is 32.2 Å². The molecule has 0 aromatic heterocycles. The lowest BCUT2D eigenvalue weighted by Crippen LogP contribution is -2.37. The molecule has 1 unspecified atom stereocenters. The number of benzene rings is 1. The molecule has 0 heterocycles. The van der Waals surface area contributed by atoms with Gasteiger partial charge in [-0.3, -0.25) is 11.3 Å². The molecule has 5 heteroatoms. The lowest BCUT2D eigenvalue weighted by atomic mass is 10.0. The topological polar surface area (TPSA) is 47.3 Å². The van der Waals surface area contributed by atoms with Crippen molar-refractivity contribution >= 4 is 23.2 Å². The van der Waals surface area contributed by atoms with Crippen LogP contribution >= 0.6 is 23.2 Å². The molecule has 0 fully saturated rings. The van der Waals surface area contributed by atoms with Crippen molar-refractivity contribution in [3.05, 3.63) is 33.8 Å². The van der Waals surface area contributed by atoms with Crippen molar-refractivity contribution in [1.82, 2.24) is 5.43 Å². The van der Waals surface area contributed by atoms with Gasteiger partial charge in [-0.15, -0.1) is 0 Å². The predicted molar refractivity (Wildman–Crippen MR) is 77.0 cm³/mol. The van der Waals surface area contributed by atoms with Gasteiger partial charge >= 0.3 is 0 Å². The third-order valence-corrected chi connectivity index (χ3v) is 3.27. The van der Waals surface area contributed by atoms with Crippen LogP contribution in [0.5, 0.6) is 0 Å². The fourth-order valence-corrected chi connectivity index (χ4v) is 2.07. The number of hydrogen-bond acceptors (Lipinski definition) is 3. The second kappa shape index (κ2) is 8.73. The van der Waals surface area contributed by atoms with Crippen LogP contribution in [0.1, 0.15) is 25.3 Å². The number of rotatable bonds is 8. The second-order valence-corrected chi connectivity index (χ2v) is 5.05. The highest BCUT2D eigenvalue weighted by atomic mass is 35.5. The van der Waals surface area contributed by atoms with Crippen LogP contribution in [0.4, 0.5) is 0 Å². The summed E-state index contributed by atoms with van der Waals surface area (Å²) in [5.74, 6) is 5.54. The fourth-order valence-electron chi connectivity index (χ4n) is 1.68. The Morgan fingerprint density at radius 2 is 2.11 bits per heavy atom. The lowest BCUT2D eigenvalue weighted by Gasteiger charge is -2.16. The van der Waals surface area contributed by atoms with Crippen molar-refractivity contribution in [3.63, 3.8) is 0 Å². The Morgan fingerprint density at radius 1 is 1.33 bits per heavy atom. The van der Waals surface area contributed by atoms with Crippen LogP contribution in [0, 0.1) is 0 Å². The van der Waals surface area contributed by atoms with Crippen LogP contribution in [0.3, 0.4) is 0 Å². The largest absolute Gasteiger partial charge is 0.381 e. The van der Waals surface area contributed by atoms with Gasteiger partial charge in [-0.1, -0.05) is 30.1 Å². The van der Waals surface area contributed by atoms with E-state index >= 15 is 0 Å². The van der Waals surface area contributed by atoms with Crippen molar-refractivity contribution in [2.24, 2.45) is 5.84 Å². The average Bonchev–Trinajstić information content (AvgIpc) is 2.37. The molecule has 18 heavy (non-hydrogen) atoms. The second-order valence-electron chi connectivity index (χ2n) is 4.20. The van der Waals surface area contributed by atoms with Crippen LogP contribution in [0.15, 0.2) is 18.2 Å². The van der Waals surface area contributed by atoms with E-state index in [1.54, 1.807) is 12.1 Å². The number of nitrogens with two attached hydrogens (primary N) is 1. The van der Waals surface area contributed by atoms with Gasteiger partial charge in [0.05, 0.1) is 0 Å². The Kier molecular flexibility index (Phi) is 7.63. The molecule has 0 radical (unpaired) electrons. The van der Waals surface area contributed by atoms with Gasteiger partial charge in [-0.05, 0) is 43.0 Å². The monoisotopic (exact) mass is 290 g/mol. The summed E-state index contributed by atoms with van der Waals surface area (Å²) in [6.45, 7) is 3.57. The number of ether oxygens (including phenoxy) is 1. The minimum absolute atomic E-state index is 0.137. The summed E-state index contributed by atoms with van der Waals surface area (Å²) in [4.78, 5) is 0. The first-order valence-electron chi connectivity index (χ1n) is 6.15. The molecule has 0 saturated heterocycles. The van der Waals surface area contributed by atoms with Crippen LogP contribution in [0.2, 0.25) is 10.0 Å². The number of halogens is 2. The van der Waals surface area contributed by atoms with E-state index in [9.17, 15) is 0 Å². The first kappa shape index (κ1) is 15.7. The average molecular weight is 291 g/mol. The highest BCUT2D eigenvalue weighted by Crippen LogP contribution is 2.22. The Morgan fingerprint density at radius 3 is 2.78 bits per heavy atom. The first-order chi connectivity index (χ1) is 8.67. The maximum Gasteiger partial charge on any atom is 0.0481 e. The standard InChI is InChI=1S/C13H20Cl2N2O/c1-2-6-18-7-5-12(17-16)9-10-8-11(14)3-4-13(10)15/h3-4,8,12,17H,2,5-7,9,16H2,1H3. The number of hydrazine groups is 1. The Labute approximate surface area is 119 Å². The minimum atomic E-state index is 0.137. The van der Waals surface area contributed by atoms with Gasteiger partial charge in [0.1, 0.15) is 0 Å². The van der Waals surface area contributed by atoms with Crippen molar-refractivity contribution in [2.75, 3.05) is 13.2 Å². The molecule has 3 N–H and O–H groups in total. The van der Waals surface area contributed by atoms with E-state index in [4.69, 9.17) is 33.8 Å². The third-order valence-electron chi connectivity index (χ3n) is 2.67. The molecule has 3 nitrogen and oxygen atoms in total. The van der Waals surface area contributed by atoms with Crippen LogP contribution in [0.25, 0.3) is 0 Å². The number of nitrogens with one attached hydrogen (secondary N) is 1. The summed E-state index contributed by atoms with van der Waals surface area (Å²) in [5, 5.41) is 1.40. The highest BCUT2D eigenvalue weighted by Gasteiger charge is 2.10. The molecular weight excluding hydrogens is 271 g/mol. The Bertz CT molecular complexity index is 361. The van der Waals surface area contributed by atoms with E-state index < -0.39 is 0 Å². The minimum Gasteiger partial charge on any atom is -0.381 e. The summed E-state index contributed by atoms with van der Waals surface area (Å²) in [7, 11) is 0. The van der Waals surface area contributed by atoms with E-state index in [1.807, 2.05) is 6.07 Å². The maximum absolute atomic E-state index is 6.12. The zero-order valence-electron chi connectivity index (χ0n) is 10.6. The quantitative estimate of drug-likeness (QED) is 0.439. The number of hydrogen-bond donors (Lipinski definition) is 2. The molecule has 102 valence electrons.